The van der Waals surface area contributed by atoms with Gasteiger partial charge in [-0.15, -0.1) is 0 Å². The van der Waals surface area contributed by atoms with Crippen molar-refractivity contribution in [2.24, 2.45) is 5.73 Å². The van der Waals surface area contributed by atoms with Gasteiger partial charge in [0.2, 0.25) is 0 Å². The Balaban J connectivity index is 1.20. The molecular weight excluding hydrogens is 426 g/mol. The molecule has 4 rings (SSSR count). The third kappa shape index (κ3) is 6.06. The van der Waals surface area contributed by atoms with E-state index in [-0.39, 0.29) is 0 Å². The van der Waals surface area contributed by atoms with Crippen molar-refractivity contribution < 1.29 is 14.3 Å². The number of ether oxygens (including phenoxy) is 2. The van der Waals surface area contributed by atoms with Gasteiger partial charge < -0.3 is 20.5 Å². The minimum Gasteiger partial charge on any atom is -0.494 e. The second-order valence-electron chi connectivity index (χ2n) is 8.95. The van der Waals surface area contributed by atoms with Crippen LogP contribution in [0.2, 0.25) is 0 Å². The first kappa shape index (κ1) is 24.0. The van der Waals surface area contributed by atoms with Crippen LogP contribution in [0.4, 0.5) is 5.69 Å². The Bertz CT molecular complexity index is 1100. The van der Waals surface area contributed by atoms with Crippen molar-refractivity contribution in [1.29, 1.82) is 0 Å². The number of nitrogens with zero attached hydrogens (tertiary/aromatic N) is 1. The van der Waals surface area contributed by atoms with Gasteiger partial charge in [0, 0.05) is 23.3 Å². The highest BCUT2D eigenvalue weighted by atomic mass is 16.5. The van der Waals surface area contributed by atoms with Crippen LogP contribution < -0.4 is 15.8 Å². The number of methoxy groups -OCH3 is 1. The third-order valence-corrected chi connectivity index (χ3v) is 6.44. The maximum atomic E-state index is 11.5. The number of unbranched alkanes of at least 4 members (excludes halogenated alkanes) is 2. The first-order valence-corrected chi connectivity index (χ1v) is 12.3. The summed E-state index contributed by atoms with van der Waals surface area (Å²) >= 11 is 0. The first-order chi connectivity index (χ1) is 16.7. The van der Waals surface area contributed by atoms with Crippen LogP contribution in [0.25, 0.3) is 10.9 Å². The number of para-hydroxylation sites is 1. The highest BCUT2D eigenvalue weighted by molar-refractivity contribution is 5.93. The molecule has 0 aliphatic heterocycles. The van der Waals surface area contributed by atoms with Gasteiger partial charge >= 0.3 is 5.97 Å². The molecule has 180 valence electrons. The quantitative estimate of drug-likeness (QED) is 0.315. The number of aromatic nitrogens is 1. The topological polar surface area (TPSA) is 86.5 Å². The van der Waals surface area contributed by atoms with E-state index in [1.54, 1.807) is 0 Å². The molecule has 1 aliphatic rings. The molecule has 6 heteroatoms. The molecule has 0 spiro atoms. The molecule has 3 N–H and O–H groups in total. The number of anilines is 1. The van der Waals surface area contributed by atoms with Gasteiger partial charge in [0.05, 0.1) is 19.2 Å². The second-order valence-corrected chi connectivity index (χ2v) is 8.95. The second kappa shape index (κ2) is 11.8. The summed E-state index contributed by atoms with van der Waals surface area (Å²) in [6.07, 6.45) is 8.35. The van der Waals surface area contributed by atoms with Gasteiger partial charge in [-0.05, 0) is 80.7 Å². The minimum atomic E-state index is -0.638. The van der Waals surface area contributed by atoms with Crippen LogP contribution in [0.15, 0.2) is 48.5 Å². The highest BCUT2D eigenvalue weighted by Crippen LogP contribution is 2.33. The molecular formula is C28H35N3O3. The molecule has 6 nitrogen and oxygen atoms in total. The van der Waals surface area contributed by atoms with Crippen molar-refractivity contribution >= 4 is 22.6 Å². The predicted molar refractivity (Wildman–Crippen MR) is 136 cm³/mol. The van der Waals surface area contributed by atoms with Crippen LogP contribution >= 0.6 is 0 Å². The number of hydrogen-bond donors (Lipinski definition) is 2. The van der Waals surface area contributed by atoms with Crippen LogP contribution in [-0.4, -0.2) is 37.3 Å². The van der Waals surface area contributed by atoms with Gasteiger partial charge in [-0.25, -0.2) is 0 Å². The van der Waals surface area contributed by atoms with Crippen molar-refractivity contribution in [3.63, 3.8) is 0 Å². The van der Waals surface area contributed by atoms with Gasteiger partial charge in [-0.2, -0.15) is 0 Å². The molecule has 0 bridgehead atoms. The summed E-state index contributed by atoms with van der Waals surface area (Å²) in [4.78, 5) is 16.4. The van der Waals surface area contributed by atoms with E-state index in [2.05, 4.69) is 34.3 Å². The number of rotatable bonds is 11. The first-order valence-electron chi connectivity index (χ1n) is 12.3. The molecule has 0 amide bonds. The molecule has 0 radical (unpaired) electrons. The van der Waals surface area contributed by atoms with Crippen molar-refractivity contribution in [3.8, 4) is 5.75 Å². The molecule has 0 saturated carbocycles. The molecule has 1 atom stereocenters. The Morgan fingerprint density at radius 1 is 1.06 bits per heavy atom. The summed E-state index contributed by atoms with van der Waals surface area (Å²) in [7, 11) is 1.35. The largest absolute Gasteiger partial charge is 0.494 e. The van der Waals surface area contributed by atoms with E-state index in [9.17, 15) is 4.79 Å². The Morgan fingerprint density at radius 3 is 2.68 bits per heavy atom. The number of nitrogens with one attached hydrogen (secondary N) is 1. The van der Waals surface area contributed by atoms with Gasteiger partial charge in [0.1, 0.15) is 11.8 Å². The Kier molecular flexibility index (Phi) is 8.36. The standard InChI is InChI=1S/C28H35N3O3/c1-33-28(32)24(29)19-20-13-15-21(16-14-20)34-18-8-2-7-17-30-27-22-9-3-5-11-25(22)31-26-12-6-4-10-23(26)27/h3,5,9,11,13-16,24H,2,4,6-8,10,12,17-19,29H2,1H3,(H,30,31)/t24-/m0/s1. The maximum absolute atomic E-state index is 11.5. The van der Waals surface area contributed by atoms with Gasteiger partial charge in [0.15, 0.2) is 0 Å². The van der Waals surface area contributed by atoms with E-state index < -0.39 is 12.0 Å². The lowest BCUT2D eigenvalue weighted by atomic mass is 9.92. The van der Waals surface area contributed by atoms with Crippen LogP contribution in [0.5, 0.6) is 5.75 Å². The average molecular weight is 462 g/mol. The lowest BCUT2D eigenvalue weighted by Gasteiger charge is -2.21. The van der Waals surface area contributed by atoms with Crippen molar-refractivity contribution in [3.05, 3.63) is 65.4 Å². The lowest BCUT2D eigenvalue weighted by molar-refractivity contribution is -0.142. The number of carbonyl (C=O) groups excluding carboxylic acids is 1. The zero-order valence-electron chi connectivity index (χ0n) is 20.0. The van der Waals surface area contributed by atoms with E-state index >= 15 is 0 Å². The van der Waals surface area contributed by atoms with E-state index in [0.717, 1.165) is 55.5 Å². The number of aryl methyl sites for hydroxylation is 1. The Labute approximate surface area is 201 Å². The average Bonchev–Trinajstić information content (AvgIpc) is 2.87. The zero-order chi connectivity index (χ0) is 23.8. The molecule has 1 aliphatic carbocycles. The number of nitrogens with two attached hydrogens (primary N) is 1. The van der Waals surface area contributed by atoms with E-state index in [1.165, 1.54) is 42.3 Å². The van der Waals surface area contributed by atoms with Crippen molar-refractivity contribution in [2.75, 3.05) is 25.6 Å². The smallest absolute Gasteiger partial charge is 0.322 e. The molecule has 1 aromatic heterocycles. The summed E-state index contributed by atoms with van der Waals surface area (Å²) < 4.78 is 10.6. The normalized spacial score (nSPS) is 13.8. The van der Waals surface area contributed by atoms with Crippen LogP contribution in [-0.2, 0) is 28.8 Å². The van der Waals surface area contributed by atoms with E-state index in [1.807, 2.05) is 24.3 Å². The number of carbonyl (C=O) groups is 1. The molecule has 1 heterocycles. The third-order valence-electron chi connectivity index (χ3n) is 6.44. The molecule has 0 saturated heterocycles. The Hall–Kier alpha value is -3.12. The maximum Gasteiger partial charge on any atom is 0.322 e. The SMILES string of the molecule is COC(=O)[C@@H](N)Cc1ccc(OCCCCCNc2c3c(nc4ccccc24)CCCC3)cc1. The highest BCUT2D eigenvalue weighted by Gasteiger charge is 2.17. The molecule has 0 fully saturated rings. The molecule has 34 heavy (non-hydrogen) atoms. The molecule has 2 aromatic carbocycles. The van der Waals surface area contributed by atoms with Crippen LogP contribution in [0.1, 0.15) is 48.9 Å². The number of benzene rings is 2. The van der Waals surface area contributed by atoms with Gasteiger partial charge in [-0.3, -0.25) is 9.78 Å². The predicted octanol–water partition coefficient (Wildman–Crippen LogP) is 4.82. The zero-order valence-corrected chi connectivity index (χ0v) is 20.0. The molecule has 3 aromatic rings. The summed E-state index contributed by atoms with van der Waals surface area (Å²) in [5, 5.41) is 4.97. The van der Waals surface area contributed by atoms with Crippen molar-refractivity contribution in [1.82, 2.24) is 4.98 Å². The summed E-state index contributed by atoms with van der Waals surface area (Å²) in [6, 6.07) is 15.6. The monoisotopic (exact) mass is 461 g/mol. The number of esters is 1. The fourth-order valence-electron chi connectivity index (χ4n) is 4.59. The summed E-state index contributed by atoms with van der Waals surface area (Å²) in [5.41, 5.74) is 11.9. The fourth-order valence-corrected chi connectivity index (χ4v) is 4.59. The molecule has 0 unspecified atom stereocenters. The van der Waals surface area contributed by atoms with E-state index in [0.29, 0.717) is 13.0 Å². The number of hydrogen-bond acceptors (Lipinski definition) is 6. The summed E-state index contributed by atoms with van der Waals surface area (Å²) in [6.45, 7) is 1.64. The van der Waals surface area contributed by atoms with Crippen LogP contribution in [0.3, 0.4) is 0 Å². The van der Waals surface area contributed by atoms with Gasteiger partial charge in [0.25, 0.3) is 0 Å². The Morgan fingerprint density at radius 2 is 1.85 bits per heavy atom. The lowest BCUT2D eigenvalue weighted by Crippen LogP contribution is -2.33. The van der Waals surface area contributed by atoms with Gasteiger partial charge in [-0.1, -0.05) is 30.3 Å². The fraction of sp³-hybridized carbons (Fsp3) is 0.429. The number of pyridine rings is 1. The van der Waals surface area contributed by atoms with E-state index in [4.69, 9.17) is 15.5 Å². The van der Waals surface area contributed by atoms with Crippen LogP contribution in [0, 0.1) is 0 Å². The summed E-state index contributed by atoms with van der Waals surface area (Å²) in [5.74, 6) is 0.440. The van der Waals surface area contributed by atoms with Crippen molar-refractivity contribution in [2.45, 2.75) is 57.4 Å². The number of fused-ring (bicyclic) bond motifs is 2. The minimum absolute atomic E-state index is 0.396.